The van der Waals surface area contributed by atoms with Crippen molar-refractivity contribution in [3.05, 3.63) is 165 Å². The zero-order valence-corrected chi connectivity index (χ0v) is 34.6. The number of fused-ring (bicyclic) bond motifs is 3. The number of aromatic hydroxyl groups is 1. The summed E-state index contributed by atoms with van der Waals surface area (Å²) < 4.78 is 3.78. The Bertz CT molecular complexity index is 2880. The largest absolute Gasteiger partial charge is 0.508 e. The molecular formula is C50H47N7O3. The molecule has 10 nitrogen and oxygen atoms in total. The first kappa shape index (κ1) is 38.6. The quantitative estimate of drug-likeness (QED) is 0.173. The number of rotatable bonds is 7. The van der Waals surface area contributed by atoms with E-state index >= 15 is 4.79 Å². The summed E-state index contributed by atoms with van der Waals surface area (Å²) in [7, 11) is 3.75. The van der Waals surface area contributed by atoms with Crippen LogP contribution in [0.25, 0.3) is 22.0 Å². The number of phenols is 1. The molecule has 0 saturated heterocycles. The molecule has 4 aromatic carbocycles. The fourth-order valence-electron chi connectivity index (χ4n) is 9.02. The molecule has 9 rings (SSSR count). The van der Waals surface area contributed by atoms with Crippen LogP contribution in [0.4, 0.5) is 11.4 Å². The van der Waals surface area contributed by atoms with Gasteiger partial charge in [0.15, 0.2) is 0 Å². The molecule has 60 heavy (non-hydrogen) atoms. The van der Waals surface area contributed by atoms with Crippen molar-refractivity contribution in [2.75, 3.05) is 11.4 Å². The summed E-state index contributed by atoms with van der Waals surface area (Å²) in [5.41, 5.74) is 11.4. The molecule has 7 aromatic rings. The number of pyridine rings is 1. The highest BCUT2D eigenvalue weighted by atomic mass is 16.3. The van der Waals surface area contributed by atoms with Crippen molar-refractivity contribution in [2.45, 2.75) is 59.3 Å². The van der Waals surface area contributed by atoms with Gasteiger partial charge >= 0.3 is 0 Å². The van der Waals surface area contributed by atoms with E-state index in [1.807, 2.05) is 54.8 Å². The summed E-state index contributed by atoms with van der Waals surface area (Å²) in [5.74, 6) is -0.246. The number of hydrogen-bond acceptors (Lipinski definition) is 6. The first-order valence-electron chi connectivity index (χ1n) is 20.4. The van der Waals surface area contributed by atoms with Crippen LogP contribution in [0.1, 0.15) is 72.7 Å². The Labute approximate surface area is 350 Å². The number of carbonyl (C=O) groups is 2. The second-order valence-electron chi connectivity index (χ2n) is 16.3. The van der Waals surface area contributed by atoms with E-state index in [0.29, 0.717) is 47.8 Å². The molecular weight excluding hydrogens is 747 g/mol. The number of hydrogen-bond donors (Lipinski definition) is 1. The molecule has 0 fully saturated rings. The maximum absolute atomic E-state index is 15.1. The Balaban J connectivity index is 1.13. The monoisotopic (exact) mass is 793 g/mol. The summed E-state index contributed by atoms with van der Waals surface area (Å²) in [4.78, 5) is 40.9. The number of aromatic nitrogens is 3. The van der Waals surface area contributed by atoms with Crippen LogP contribution in [0.5, 0.6) is 5.75 Å². The lowest BCUT2D eigenvalue weighted by molar-refractivity contribution is 0.0658. The average Bonchev–Trinajstić information content (AvgIpc) is 3.72. The van der Waals surface area contributed by atoms with Gasteiger partial charge in [-0.25, -0.2) is 0 Å². The van der Waals surface area contributed by atoms with Gasteiger partial charge in [-0.05, 0) is 116 Å². The SMILES string of the molecule is Cc1c(N(C(=O)c2cc(-c3cc4c(cc3C(=O)N3Cc5ccccc5C[C@H]3C)CN(Cc3cc5ccccc5cn3)CC4)n(C)c2C)c2ccc(O)cc2)cc(C#N)n1C. The summed E-state index contributed by atoms with van der Waals surface area (Å²) in [6.07, 6.45) is 3.52. The number of carbonyl (C=O) groups excluding carboxylic acids is 2. The van der Waals surface area contributed by atoms with Gasteiger partial charge in [0.1, 0.15) is 17.5 Å². The Hall–Kier alpha value is -6.96. The topological polar surface area (TPSA) is 111 Å². The molecule has 0 spiro atoms. The zero-order chi connectivity index (χ0) is 41.8. The predicted octanol–water partition coefficient (Wildman–Crippen LogP) is 8.90. The number of nitrogens with zero attached hydrogens (tertiary/aromatic N) is 7. The molecule has 10 heteroatoms. The van der Waals surface area contributed by atoms with Crippen molar-refractivity contribution in [3.63, 3.8) is 0 Å². The van der Waals surface area contributed by atoms with Crippen LogP contribution in [-0.4, -0.2) is 53.4 Å². The van der Waals surface area contributed by atoms with Crippen LogP contribution >= 0.6 is 0 Å². The van der Waals surface area contributed by atoms with Crippen molar-refractivity contribution in [3.8, 4) is 23.1 Å². The van der Waals surface area contributed by atoms with E-state index in [9.17, 15) is 15.2 Å². The first-order valence-corrected chi connectivity index (χ1v) is 20.4. The van der Waals surface area contributed by atoms with Gasteiger partial charge in [0.05, 0.1) is 16.9 Å². The van der Waals surface area contributed by atoms with E-state index in [-0.39, 0.29) is 23.6 Å². The number of benzene rings is 4. The third-order valence-electron chi connectivity index (χ3n) is 12.7. The molecule has 2 aliphatic heterocycles. The summed E-state index contributed by atoms with van der Waals surface area (Å²) >= 11 is 0. The van der Waals surface area contributed by atoms with Crippen LogP contribution in [0, 0.1) is 25.2 Å². The summed E-state index contributed by atoms with van der Waals surface area (Å²) in [6, 6.07) is 35.4. The average molecular weight is 794 g/mol. The van der Waals surface area contributed by atoms with Gasteiger partial charge in [-0.2, -0.15) is 5.26 Å². The Morgan fingerprint density at radius 1 is 0.817 bits per heavy atom. The van der Waals surface area contributed by atoms with Crippen LogP contribution in [0.2, 0.25) is 0 Å². The fourth-order valence-corrected chi connectivity index (χ4v) is 9.02. The van der Waals surface area contributed by atoms with E-state index in [2.05, 4.69) is 72.5 Å². The van der Waals surface area contributed by atoms with E-state index in [4.69, 9.17) is 4.98 Å². The smallest absolute Gasteiger partial charge is 0.264 e. The first-order chi connectivity index (χ1) is 29.0. The summed E-state index contributed by atoms with van der Waals surface area (Å²) in [6.45, 7) is 8.66. The number of nitriles is 1. The molecule has 2 aliphatic rings. The molecule has 0 aliphatic carbocycles. The number of phenolic OH excluding ortho intramolecular Hbond substituents is 1. The minimum Gasteiger partial charge on any atom is -0.508 e. The Kier molecular flexibility index (Phi) is 9.85. The van der Waals surface area contributed by atoms with Gasteiger partial charge in [0.2, 0.25) is 0 Å². The minimum atomic E-state index is -0.289. The van der Waals surface area contributed by atoms with Gasteiger partial charge in [-0.15, -0.1) is 0 Å². The van der Waals surface area contributed by atoms with Crippen molar-refractivity contribution in [1.29, 1.82) is 5.26 Å². The van der Waals surface area contributed by atoms with E-state index in [1.165, 1.54) is 16.5 Å². The van der Waals surface area contributed by atoms with Crippen LogP contribution in [0.3, 0.4) is 0 Å². The van der Waals surface area contributed by atoms with Crippen LogP contribution in [-0.2, 0) is 46.6 Å². The highest BCUT2D eigenvalue weighted by Gasteiger charge is 2.33. The molecule has 0 saturated carbocycles. The lowest BCUT2D eigenvalue weighted by Crippen LogP contribution is -2.43. The molecule has 300 valence electrons. The van der Waals surface area contributed by atoms with E-state index in [0.717, 1.165) is 64.2 Å². The van der Waals surface area contributed by atoms with Crippen molar-refractivity contribution < 1.29 is 14.7 Å². The Morgan fingerprint density at radius 3 is 2.30 bits per heavy atom. The van der Waals surface area contributed by atoms with Crippen molar-refractivity contribution in [2.24, 2.45) is 14.1 Å². The van der Waals surface area contributed by atoms with Crippen molar-refractivity contribution >= 4 is 34.0 Å². The second-order valence-corrected chi connectivity index (χ2v) is 16.3. The van der Waals surface area contributed by atoms with Gasteiger partial charge in [-0.1, -0.05) is 48.5 Å². The van der Waals surface area contributed by atoms with Crippen molar-refractivity contribution in [1.82, 2.24) is 23.9 Å². The van der Waals surface area contributed by atoms with Gasteiger partial charge in [0.25, 0.3) is 11.8 Å². The highest BCUT2D eigenvalue weighted by Crippen LogP contribution is 2.38. The molecule has 5 heterocycles. The molecule has 0 radical (unpaired) electrons. The normalized spacial score (nSPS) is 15.1. The third-order valence-corrected chi connectivity index (χ3v) is 12.7. The third kappa shape index (κ3) is 6.81. The van der Waals surface area contributed by atoms with Gasteiger partial charge < -0.3 is 19.1 Å². The molecule has 3 aromatic heterocycles. The fraction of sp³-hybridized carbons (Fsp3) is 0.240. The standard InChI is InChI=1S/C50H47N7O3/c1-31-20-34-10-7-9-13-38(34)29-56(31)49(59)46-23-39-28-55(30-40-21-35-11-6-8-12-37(35)27-52-40)19-18-36(39)22-45(46)48-25-44(32(2)54(48)5)50(60)57(41-14-16-43(58)17-15-41)47-24-42(26-51)53(4)33(47)3/h6-17,21-25,27,31,58H,18-20,28-30H2,1-5H3/t31-/m1/s1. The molecule has 1 N–H and O–H groups in total. The molecule has 0 unspecified atom stereocenters. The lowest BCUT2D eigenvalue weighted by Gasteiger charge is -2.36. The van der Waals surface area contributed by atoms with Crippen LogP contribution < -0.4 is 4.90 Å². The van der Waals surface area contributed by atoms with E-state index < -0.39 is 0 Å². The molecule has 0 bridgehead atoms. The highest BCUT2D eigenvalue weighted by molar-refractivity contribution is 6.13. The predicted molar refractivity (Wildman–Crippen MR) is 234 cm³/mol. The second kappa shape index (κ2) is 15.3. The lowest BCUT2D eigenvalue weighted by atomic mass is 9.89. The number of anilines is 2. The maximum atomic E-state index is 15.1. The zero-order valence-electron chi connectivity index (χ0n) is 34.6. The number of amides is 2. The van der Waals surface area contributed by atoms with Crippen LogP contribution in [0.15, 0.2) is 109 Å². The van der Waals surface area contributed by atoms with Gasteiger partial charge in [0, 0.05) is 91.8 Å². The Morgan fingerprint density at radius 2 is 1.55 bits per heavy atom. The minimum absolute atomic E-state index is 0.00896. The van der Waals surface area contributed by atoms with Gasteiger partial charge in [-0.3, -0.25) is 24.4 Å². The van der Waals surface area contributed by atoms with E-state index in [1.54, 1.807) is 46.8 Å². The summed E-state index contributed by atoms with van der Waals surface area (Å²) in [5, 5.41) is 22.3. The maximum Gasteiger partial charge on any atom is 0.264 e. The molecule has 1 atom stereocenters. The molecule has 2 amide bonds.